The van der Waals surface area contributed by atoms with Crippen LogP contribution in [0.15, 0.2) is 29.6 Å². The molecule has 5 nitrogen and oxygen atoms in total. The number of rotatable bonds is 3. The second-order valence-corrected chi connectivity index (χ2v) is 7.88. The second-order valence-electron chi connectivity index (χ2n) is 7.00. The number of fused-ring (bicyclic) bond motifs is 1. The number of hydrogen-bond acceptors (Lipinski definition) is 4. The Morgan fingerprint density at radius 1 is 1.36 bits per heavy atom. The lowest BCUT2D eigenvalue weighted by atomic mass is 9.86. The molecular formula is C19H20N4OS. The van der Waals surface area contributed by atoms with Gasteiger partial charge in [0.1, 0.15) is 23.4 Å². The summed E-state index contributed by atoms with van der Waals surface area (Å²) in [6.07, 6.45) is 0. The Labute approximate surface area is 150 Å². The molecule has 3 rings (SSSR count). The first-order valence-electron chi connectivity index (χ1n) is 8.05. The Hall–Kier alpha value is -2.65. The number of nitrogens with zero attached hydrogens (tertiary/aromatic N) is 3. The van der Waals surface area contributed by atoms with E-state index in [1.807, 2.05) is 41.1 Å². The number of aryl methyl sites for hydroxylation is 1. The monoisotopic (exact) mass is 352 g/mol. The van der Waals surface area contributed by atoms with Crippen molar-refractivity contribution in [2.24, 2.45) is 0 Å². The van der Waals surface area contributed by atoms with Crippen LogP contribution in [0.5, 0.6) is 0 Å². The summed E-state index contributed by atoms with van der Waals surface area (Å²) in [6.45, 7) is 8.23. The van der Waals surface area contributed by atoms with Crippen LogP contribution in [0.2, 0.25) is 0 Å². The van der Waals surface area contributed by atoms with Crippen LogP contribution < -0.4 is 5.32 Å². The Balaban J connectivity index is 1.85. The van der Waals surface area contributed by atoms with Crippen LogP contribution in [-0.4, -0.2) is 15.5 Å². The molecule has 0 fully saturated rings. The quantitative estimate of drug-likeness (QED) is 0.767. The van der Waals surface area contributed by atoms with Gasteiger partial charge in [0.25, 0.3) is 0 Å². The van der Waals surface area contributed by atoms with Gasteiger partial charge in [-0.1, -0.05) is 32.9 Å². The van der Waals surface area contributed by atoms with Crippen molar-refractivity contribution >= 4 is 33.3 Å². The third-order valence-corrected chi connectivity index (χ3v) is 5.01. The number of amides is 1. The van der Waals surface area contributed by atoms with Gasteiger partial charge in [0, 0.05) is 0 Å². The molecule has 0 unspecified atom stereocenters. The van der Waals surface area contributed by atoms with E-state index in [1.165, 1.54) is 11.3 Å². The number of imidazole rings is 1. The summed E-state index contributed by atoms with van der Waals surface area (Å²) in [5, 5.41) is 15.0. The molecule has 1 amide bonds. The lowest BCUT2D eigenvalue weighted by Crippen LogP contribution is -2.20. The number of carbonyl (C=O) groups excluding carboxylic acids is 1. The lowest BCUT2D eigenvalue weighted by Gasteiger charge is -2.17. The molecule has 0 radical (unpaired) electrons. The summed E-state index contributed by atoms with van der Waals surface area (Å²) in [5.74, 6) is 0.628. The zero-order valence-corrected chi connectivity index (χ0v) is 15.6. The van der Waals surface area contributed by atoms with E-state index in [0.29, 0.717) is 10.6 Å². The number of benzene rings is 1. The number of hydrogen-bond donors (Lipinski definition) is 1. The molecule has 25 heavy (non-hydrogen) atoms. The second kappa shape index (κ2) is 6.34. The molecule has 0 aliphatic heterocycles. The van der Waals surface area contributed by atoms with Gasteiger partial charge in [0.15, 0.2) is 0 Å². The van der Waals surface area contributed by atoms with Gasteiger partial charge in [-0.05, 0) is 35.4 Å². The summed E-state index contributed by atoms with van der Waals surface area (Å²) < 4.78 is 1.88. The van der Waals surface area contributed by atoms with E-state index in [1.54, 1.807) is 0 Å². The third-order valence-electron chi connectivity index (χ3n) is 4.11. The first-order valence-corrected chi connectivity index (χ1v) is 8.93. The number of nitriles is 1. The van der Waals surface area contributed by atoms with Gasteiger partial charge in [-0.3, -0.25) is 4.79 Å². The van der Waals surface area contributed by atoms with Crippen LogP contribution in [0.4, 0.5) is 5.00 Å². The highest BCUT2D eigenvalue weighted by Gasteiger charge is 2.23. The molecule has 2 aromatic heterocycles. The zero-order chi connectivity index (χ0) is 18.2. The number of para-hydroxylation sites is 2. The Morgan fingerprint density at radius 2 is 2.08 bits per heavy atom. The van der Waals surface area contributed by atoms with E-state index in [-0.39, 0.29) is 17.9 Å². The fraction of sp³-hybridized carbons (Fsp3) is 0.316. The Morgan fingerprint density at radius 3 is 2.76 bits per heavy atom. The average molecular weight is 352 g/mol. The van der Waals surface area contributed by atoms with E-state index < -0.39 is 0 Å². The minimum Gasteiger partial charge on any atom is -0.319 e. The van der Waals surface area contributed by atoms with E-state index in [0.717, 1.165) is 22.4 Å². The molecule has 0 aliphatic rings. The molecule has 0 bridgehead atoms. The highest BCUT2D eigenvalue weighted by Crippen LogP contribution is 2.35. The standard InChI is InChI=1S/C19H20N4OS/c1-12-21-15-7-5-6-8-16(15)23(12)10-17(24)22-18-13(9-20)14(11-25-18)19(2,3)4/h5-8,11H,10H2,1-4H3,(H,22,24). The van der Waals surface area contributed by atoms with Crippen molar-refractivity contribution in [2.75, 3.05) is 5.32 Å². The van der Waals surface area contributed by atoms with Crippen LogP contribution in [0.25, 0.3) is 11.0 Å². The molecule has 0 aliphatic carbocycles. The summed E-state index contributed by atoms with van der Waals surface area (Å²) in [4.78, 5) is 17.0. The van der Waals surface area contributed by atoms with Gasteiger partial charge in [-0.2, -0.15) is 5.26 Å². The molecule has 1 aromatic carbocycles. The minimum absolute atomic E-state index is 0.137. The SMILES string of the molecule is Cc1nc2ccccc2n1CC(=O)Nc1scc(C(C)(C)C)c1C#N. The summed E-state index contributed by atoms with van der Waals surface area (Å²) >= 11 is 1.40. The maximum Gasteiger partial charge on any atom is 0.245 e. The van der Waals surface area contributed by atoms with Crippen LogP contribution in [0.3, 0.4) is 0 Å². The average Bonchev–Trinajstić information content (AvgIpc) is 3.08. The van der Waals surface area contributed by atoms with E-state index in [9.17, 15) is 10.1 Å². The predicted octanol–water partition coefficient (Wildman–Crippen LogP) is 4.21. The Bertz CT molecular complexity index is 985. The molecule has 128 valence electrons. The number of anilines is 1. The Kier molecular flexibility index (Phi) is 4.36. The fourth-order valence-electron chi connectivity index (χ4n) is 2.82. The van der Waals surface area contributed by atoms with Gasteiger partial charge in [-0.15, -0.1) is 11.3 Å². The van der Waals surface area contributed by atoms with Crippen molar-refractivity contribution in [1.29, 1.82) is 5.26 Å². The van der Waals surface area contributed by atoms with Crippen molar-refractivity contribution < 1.29 is 4.79 Å². The van der Waals surface area contributed by atoms with Crippen LogP contribution in [-0.2, 0) is 16.8 Å². The van der Waals surface area contributed by atoms with Gasteiger partial charge in [0.2, 0.25) is 5.91 Å². The minimum atomic E-state index is -0.162. The van der Waals surface area contributed by atoms with Crippen molar-refractivity contribution in [3.05, 3.63) is 46.6 Å². The van der Waals surface area contributed by atoms with Crippen molar-refractivity contribution in [3.8, 4) is 6.07 Å². The number of carbonyl (C=O) groups is 1. The first-order chi connectivity index (χ1) is 11.8. The number of aromatic nitrogens is 2. The third kappa shape index (κ3) is 3.28. The molecule has 0 atom stereocenters. The van der Waals surface area contributed by atoms with Gasteiger partial charge >= 0.3 is 0 Å². The summed E-state index contributed by atoms with van der Waals surface area (Å²) in [6, 6.07) is 9.97. The summed E-state index contributed by atoms with van der Waals surface area (Å²) in [7, 11) is 0. The van der Waals surface area contributed by atoms with Crippen molar-refractivity contribution in [2.45, 2.75) is 39.7 Å². The molecule has 3 aromatic rings. The molecule has 0 spiro atoms. The molecule has 0 saturated carbocycles. The molecule has 2 heterocycles. The van der Waals surface area contributed by atoms with Gasteiger partial charge in [0.05, 0.1) is 16.6 Å². The van der Waals surface area contributed by atoms with Crippen LogP contribution in [0, 0.1) is 18.3 Å². The topological polar surface area (TPSA) is 70.7 Å². The largest absolute Gasteiger partial charge is 0.319 e. The summed E-state index contributed by atoms with van der Waals surface area (Å²) in [5.41, 5.74) is 3.17. The van der Waals surface area contributed by atoms with Crippen molar-refractivity contribution in [1.82, 2.24) is 9.55 Å². The molecule has 0 saturated heterocycles. The maximum absolute atomic E-state index is 12.5. The highest BCUT2D eigenvalue weighted by atomic mass is 32.1. The maximum atomic E-state index is 12.5. The normalized spacial score (nSPS) is 11.5. The molecule has 6 heteroatoms. The van der Waals surface area contributed by atoms with Crippen LogP contribution in [0.1, 0.15) is 37.7 Å². The molecule has 1 N–H and O–H groups in total. The first kappa shape index (κ1) is 17.2. The smallest absolute Gasteiger partial charge is 0.245 e. The number of thiophene rings is 1. The van der Waals surface area contributed by atoms with Gasteiger partial charge in [-0.25, -0.2) is 4.98 Å². The highest BCUT2D eigenvalue weighted by molar-refractivity contribution is 7.14. The van der Waals surface area contributed by atoms with E-state index in [4.69, 9.17) is 0 Å². The van der Waals surface area contributed by atoms with E-state index in [2.05, 4.69) is 37.1 Å². The van der Waals surface area contributed by atoms with Gasteiger partial charge < -0.3 is 9.88 Å². The number of nitrogens with one attached hydrogen (secondary N) is 1. The lowest BCUT2D eigenvalue weighted by molar-refractivity contribution is -0.116. The van der Waals surface area contributed by atoms with E-state index >= 15 is 0 Å². The van der Waals surface area contributed by atoms with Crippen molar-refractivity contribution in [3.63, 3.8) is 0 Å². The molecular weight excluding hydrogens is 332 g/mol. The van der Waals surface area contributed by atoms with Crippen LogP contribution >= 0.6 is 11.3 Å². The fourth-order valence-corrected chi connectivity index (χ4v) is 3.97. The zero-order valence-electron chi connectivity index (χ0n) is 14.8. The predicted molar refractivity (Wildman–Crippen MR) is 101 cm³/mol.